The molecule has 18 heavy (non-hydrogen) atoms. The summed E-state index contributed by atoms with van der Waals surface area (Å²) in [6.07, 6.45) is 1.74. The van der Waals surface area contributed by atoms with Gasteiger partial charge in [0.2, 0.25) is 0 Å². The lowest BCUT2D eigenvalue weighted by Gasteiger charge is -2.21. The van der Waals surface area contributed by atoms with Crippen molar-refractivity contribution in [3.05, 3.63) is 29.8 Å². The summed E-state index contributed by atoms with van der Waals surface area (Å²) in [6.45, 7) is 3.28. The van der Waals surface area contributed by atoms with E-state index in [4.69, 9.17) is 9.47 Å². The van der Waals surface area contributed by atoms with Gasteiger partial charge < -0.3 is 14.6 Å². The standard InChI is InChI=1S/C15H22O3/c1-11-12(7-8-14(11)16)13-5-3-4-6-15(13)18-10-9-17-2/h3-6,11-12,14,16H,7-10H2,1-2H3. The molecule has 0 amide bonds. The summed E-state index contributed by atoms with van der Waals surface area (Å²) in [5, 5.41) is 9.87. The maximum Gasteiger partial charge on any atom is 0.122 e. The van der Waals surface area contributed by atoms with Crippen LogP contribution in [-0.4, -0.2) is 31.5 Å². The summed E-state index contributed by atoms with van der Waals surface area (Å²) in [7, 11) is 1.67. The van der Waals surface area contributed by atoms with E-state index in [1.807, 2.05) is 18.2 Å². The van der Waals surface area contributed by atoms with E-state index in [-0.39, 0.29) is 6.10 Å². The number of rotatable bonds is 5. The number of methoxy groups -OCH3 is 1. The van der Waals surface area contributed by atoms with Crippen LogP contribution in [0.5, 0.6) is 5.75 Å². The lowest BCUT2D eigenvalue weighted by atomic mass is 9.89. The van der Waals surface area contributed by atoms with Gasteiger partial charge in [-0.3, -0.25) is 0 Å². The molecular formula is C15H22O3. The number of hydrogen-bond donors (Lipinski definition) is 1. The second-order valence-electron chi connectivity index (χ2n) is 4.99. The molecule has 3 atom stereocenters. The highest BCUT2D eigenvalue weighted by Gasteiger charge is 2.33. The minimum Gasteiger partial charge on any atom is -0.491 e. The fraction of sp³-hybridized carbons (Fsp3) is 0.600. The number of para-hydroxylation sites is 1. The normalized spacial score (nSPS) is 27.4. The van der Waals surface area contributed by atoms with Gasteiger partial charge in [0.15, 0.2) is 0 Å². The van der Waals surface area contributed by atoms with E-state index < -0.39 is 0 Å². The van der Waals surface area contributed by atoms with E-state index in [0.29, 0.717) is 25.0 Å². The fourth-order valence-corrected chi connectivity index (χ4v) is 2.74. The third kappa shape index (κ3) is 2.85. The molecule has 1 aromatic carbocycles. The topological polar surface area (TPSA) is 38.7 Å². The Morgan fingerprint density at radius 1 is 1.22 bits per heavy atom. The smallest absolute Gasteiger partial charge is 0.122 e. The van der Waals surface area contributed by atoms with Crippen LogP contribution in [0.25, 0.3) is 0 Å². The molecule has 0 aromatic heterocycles. The second kappa shape index (κ2) is 6.21. The van der Waals surface area contributed by atoms with Crippen LogP contribution in [0.3, 0.4) is 0 Å². The van der Waals surface area contributed by atoms with Gasteiger partial charge in [0, 0.05) is 7.11 Å². The molecule has 0 spiro atoms. The van der Waals surface area contributed by atoms with Gasteiger partial charge in [-0.1, -0.05) is 25.1 Å². The van der Waals surface area contributed by atoms with Crippen LogP contribution in [-0.2, 0) is 4.74 Å². The minimum absolute atomic E-state index is 0.179. The van der Waals surface area contributed by atoms with Crippen molar-refractivity contribution in [3.63, 3.8) is 0 Å². The van der Waals surface area contributed by atoms with Crippen molar-refractivity contribution in [2.24, 2.45) is 5.92 Å². The molecule has 3 unspecified atom stereocenters. The van der Waals surface area contributed by atoms with E-state index >= 15 is 0 Å². The van der Waals surface area contributed by atoms with Gasteiger partial charge in [-0.15, -0.1) is 0 Å². The van der Waals surface area contributed by atoms with Crippen molar-refractivity contribution in [1.29, 1.82) is 0 Å². The monoisotopic (exact) mass is 250 g/mol. The predicted molar refractivity (Wildman–Crippen MR) is 71.0 cm³/mol. The third-order valence-corrected chi connectivity index (χ3v) is 3.88. The van der Waals surface area contributed by atoms with Crippen molar-refractivity contribution in [2.75, 3.05) is 20.3 Å². The zero-order valence-electron chi connectivity index (χ0n) is 11.1. The predicted octanol–water partition coefficient (Wildman–Crippen LogP) is 2.59. The average Bonchev–Trinajstić information content (AvgIpc) is 2.71. The number of ether oxygens (including phenoxy) is 2. The van der Waals surface area contributed by atoms with Crippen LogP contribution >= 0.6 is 0 Å². The lowest BCUT2D eigenvalue weighted by Crippen LogP contribution is -2.15. The van der Waals surface area contributed by atoms with Gasteiger partial charge in [0.25, 0.3) is 0 Å². The van der Waals surface area contributed by atoms with Gasteiger partial charge >= 0.3 is 0 Å². The number of aliphatic hydroxyl groups is 1. The van der Waals surface area contributed by atoms with Gasteiger partial charge in [0.1, 0.15) is 12.4 Å². The Balaban J connectivity index is 2.12. The van der Waals surface area contributed by atoms with E-state index in [0.717, 1.165) is 18.6 Å². The van der Waals surface area contributed by atoms with Crippen LogP contribution in [0.15, 0.2) is 24.3 Å². The Kier molecular flexibility index (Phi) is 4.61. The third-order valence-electron chi connectivity index (χ3n) is 3.88. The molecule has 1 aromatic rings. The Labute approximate surface area is 109 Å². The Bertz CT molecular complexity index is 378. The highest BCUT2D eigenvalue weighted by Crippen LogP contribution is 2.42. The van der Waals surface area contributed by atoms with Crippen LogP contribution in [0.2, 0.25) is 0 Å². The van der Waals surface area contributed by atoms with Crippen molar-refractivity contribution in [2.45, 2.75) is 31.8 Å². The van der Waals surface area contributed by atoms with Crippen molar-refractivity contribution < 1.29 is 14.6 Å². The Morgan fingerprint density at radius 2 is 2.00 bits per heavy atom. The van der Waals surface area contributed by atoms with Crippen LogP contribution in [0, 0.1) is 5.92 Å². The Morgan fingerprint density at radius 3 is 2.67 bits per heavy atom. The second-order valence-corrected chi connectivity index (χ2v) is 4.99. The molecule has 1 fully saturated rings. The largest absolute Gasteiger partial charge is 0.491 e. The molecule has 1 aliphatic rings. The minimum atomic E-state index is -0.179. The highest BCUT2D eigenvalue weighted by atomic mass is 16.5. The van der Waals surface area contributed by atoms with Crippen molar-refractivity contribution in [1.82, 2.24) is 0 Å². The average molecular weight is 250 g/mol. The van der Waals surface area contributed by atoms with Gasteiger partial charge in [0.05, 0.1) is 12.7 Å². The zero-order valence-corrected chi connectivity index (χ0v) is 11.1. The summed E-state index contributed by atoms with van der Waals surface area (Å²) in [5.74, 6) is 1.64. The van der Waals surface area contributed by atoms with Gasteiger partial charge in [-0.05, 0) is 36.3 Å². The van der Waals surface area contributed by atoms with Crippen molar-refractivity contribution >= 4 is 0 Å². The zero-order chi connectivity index (χ0) is 13.0. The first kappa shape index (κ1) is 13.4. The first-order valence-electron chi connectivity index (χ1n) is 6.62. The number of benzene rings is 1. The van der Waals surface area contributed by atoms with E-state index in [9.17, 15) is 5.11 Å². The summed E-state index contributed by atoms with van der Waals surface area (Å²) in [6, 6.07) is 8.14. The molecule has 100 valence electrons. The summed E-state index contributed by atoms with van der Waals surface area (Å²) in [5.41, 5.74) is 1.22. The number of aliphatic hydroxyl groups excluding tert-OH is 1. The molecule has 2 rings (SSSR count). The molecular weight excluding hydrogens is 228 g/mol. The van der Waals surface area contributed by atoms with Gasteiger partial charge in [-0.2, -0.15) is 0 Å². The first-order chi connectivity index (χ1) is 8.74. The van der Waals surface area contributed by atoms with Crippen LogP contribution in [0.1, 0.15) is 31.2 Å². The quantitative estimate of drug-likeness (QED) is 0.816. The molecule has 0 heterocycles. The molecule has 0 radical (unpaired) electrons. The molecule has 0 saturated heterocycles. The molecule has 3 heteroatoms. The lowest BCUT2D eigenvalue weighted by molar-refractivity contribution is 0.134. The summed E-state index contributed by atoms with van der Waals surface area (Å²) >= 11 is 0. The molecule has 0 aliphatic heterocycles. The summed E-state index contributed by atoms with van der Waals surface area (Å²) < 4.78 is 10.8. The maximum atomic E-state index is 9.87. The van der Waals surface area contributed by atoms with E-state index in [1.54, 1.807) is 7.11 Å². The molecule has 1 aliphatic carbocycles. The first-order valence-corrected chi connectivity index (χ1v) is 6.62. The highest BCUT2D eigenvalue weighted by molar-refractivity contribution is 5.37. The molecule has 3 nitrogen and oxygen atoms in total. The number of hydrogen-bond acceptors (Lipinski definition) is 3. The summed E-state index contributed by atoms with van der Waals surface area (Å²) in [4.78, 5) is 0. The van der Waals surface area contributed by atoms with Crippen LogP contribution < -0.4 is 4.74 Å². The Hall–Kier alpha value is -1.06. The molecule has 0 bridgehead atoms. The maximum absolute atomic E-state index is 9.87. The molecule has 1 saturated carbocycles. The SMILES string of the molecule is COCCOc1ccccc1C1CCC(O)C1C. The van der Waals surface area contributed by atoms with E-state index in [2.05, 4.69) is 13.0 Å². The fourth-order valence-electron chi connectivity index (χ4n) is 2.74. The van der Waals surface area contributed by atoms with E-state index in [1.165, 1.54) is 5.56 Å². The van der Waals surface area contributed by atoms with Crippen molar-refractivity contribution in [3.8, 4) is 5.75 Å². The van der Waals surface area contributed by atoms with Gasteiger partial charge in [-0.25, -0.2) is 0 Å². The van der Waals surface area contributed by atoms with Crippen LogP contribution in [0.4, 0.5) is 0 Å². The molecule has 1 N–H and O–H groups in total.